The van der Waals surface area contributed by atoms with Gasteiger partial charge in [0.25, 0.3) is 0 Å². The van der Waals surface area contributed by atoms with Crippen molar-refractivity contribution >= 4 is 12.0 Å². The Morgan fingerprint density at radius 1 is 0.862 bits per heavy atom. The van der Waals surface area contributed by atoms with E-state index in [0.29, 0.717) is 0 Å². The Morgan fingerprint density at radius 2 is 1.34 bits per heavy atom. The number of carbonyl (C=O) groups excluding carboxylic acids is 2. The topological polar surface area (TPSA) is 46.6 Å². The maximum atomic E-state index is 13.2. The Morgan fingerprint density at radius 3 is 1.86 bits per heavy atom. The molecule has 1 heterocycles. The summed E-state index contributed by atoms with van der Waals surface area (Å²) in [7, 11) is 0. The van der Waals surface area contributed by atoms with Gasteiger partial charge < -0.3 is 4.74 Å². The van der Waals surface area contributed by atoms with Crippen LogP contribution in [0.5, 0.6) is 0 Å². The van der Waals surface area contributed by atoms with Crippen LogP contribution in [-0.4, -0.2) is 22.9 Å². The summed E-state index contributed by atoms with van der Waals surface area (Å²) < 4.78 is 5.55. The van der Waals surface area contributed by atoms with Crippen LogP contribution >= 0.6 is 0 Å². The van der Waals surface area contributed by atoms with Gasteiger partial charge in [0, 0.05) is 12.3 Å². The second-order valence-corrected chi connectivity index (χ2v) is 7.30. The molecule has 0 bridgehead atoms. The van der Waals surface area contributed by atoms with E-state index in [9.17, 15) is 9.59 Å². The van der Waals surface area contributed by atoms with E-state index in [4.69, 9.17) is 4.74 Å². The molecule has 1 saturated heterocycles. The fraction of sp³-hybridized carbons (Fsp3) is 0.200. The van der Waals surface area contributed by atoms with E-state index in [1.807, 2.05) is 97.9 Å². The first-order chi connectivity index (χ1) is 14.1. The first-order valence-corrected chi connectivity index (χ1v) is 9.82. The Hall–Kier alpha value is -3.40. The third-order valence-corrected chi connectivity index (χ3v) is 5.45. The van der Waals surface area contributed by atoms with Crippen LogP contribution in [0.3, 0.4) is 0 Å². The Labute approximate surface area is 170 Å². The van der Waals surface area contributed by atoms with Gasteiger partial charge in [0.2, 0.25) is 5.91 Å². The van der Waals surface area contributed by atoms with Crippen molar-refractivity contribution in [3.8, 4) is 0 Å². The van der Waals surface area contributed by atoms with Crippen molar-refractivity contribution in [2.24, 2.45) is 0 Å². The molecule has 3 aromatic rings. The predicted octanol–water partition coefficient (Wildman–Crippen LogP) is 5.32. The highest BCUT2D eigenvalue weighted by atomic mass is 16.6. The smallest absolute Gasteiger partial charge is 0.417 e. The molecule has 4 heteroatoms. The van der Waals surface area contributed by atoms with E-state index < -0.39 is 12.2 Å². The van der Waals surface area contributed by atoms with Crippen molar-refractivity contribution in [2.75, 3.05) is 0 Å². The minimum Gasteiger partial charge on any atom is -0.439 e. The fourth-order valence-corrected chi connectivity index (χ4v) is 3.96. The maximum Gasteiger partial charge on any atom is 0.417 e. The standard InChI is InChI=1S/C25H23NO3/c1-18-24(21-15-9-4-10-16-21)29-25(28)26(18)23(27)17-22(19-11-5-2-6-12-19)20-13-7-3-8-14-20/h2-16,18,22,24H,17H2,1H3/t18-,24-/m1/s1. The summed E-state index contributed by atoms with van der Waals surface area (Å²) in [6.45, 7) is 1.86. The second-order valence-electron chi connectivity index (χ2n) is 7.30. The summed E-state index contributed by atoms with van der Waals surface area (Å²) in [5, 5.41) is 0. The number of nitrogens with zero attached hydrogens (tertiary/aromatic N) is 1. The summed E-state index contributed by atoms with van der Waals surface area (Å²) in [6, 6.07) is 29.0. The van der Waals surface area contributed by atoms with E-state index in [2.05, 4.69) is 0 Å². The average molecular weight is 385 g/mol. The highest BCUT2D eigenvalue weighted by Gasteiger charge is 2.43. The van der Waals surface area contributed by atoms with Crippen LogP contribution in [0.15, 0.2) is 91.0 Å². The van der Waals surface area contributed by atoms with Crippen LogP contribution in [-0.2, 0) is 9.53 Å². The van der Waals surface area contributed by atoms with Crippen LogP contribution in [0.25, 0.3) is 0 Å². The number of cyclic esters (lactones) is 1. The number of hydrogen-bond acceptors (Lipinski definition) is 3. The largest absolute Gasteiger partial charge is 0.439 e. The van der Waals surface area contributed by atoms with Gasteiger partial charge >= 0.3 is 6.09 Å². The summed E-state index contributed by atoms with van der Waals surface area (Å²) in [5.74, 6) is -0.348. The molecule has 2 amide bonds. The molecule has 1 aliphatic rings. The summed E-state index contributed by atoms with van der Waals surface area (Å²) in [4.78, 5) is 27.0. The van der Waals surface area contributed by atoms with E-state index >= 15 is 0 Å². The number of ether oxygens (including phenoxy) is 1. The number of benzene rings is 3. The van der Waals surface area contributed by atoms with Gasteiger partial charge in [-0.05, 0) is 23.6 Å². The molecule has 1 aliphatic heterocycles. The third kappa shape index (κ3) is 3.92. The van der Waals surface area contributed by atoms with Gasteiger partial charge in [-0.3, -0.25) is 4.79 Å². The van der Waals surface area contributed by atoms with Crippen molar-refractivity contribution in [3.05, 3.63) is 108 Å². The Bertz CT molecular complexity index is 933. The van der Waals surface area contributed by atoms with Gasteiger partial charge in [-0.2, -0.15) is 0 Å². The van der Waals surface area contributed by atoms with Gasteiger partial charge in [-0.1, -0.05) is 91.0 Å². The quantitative estimate of drug-likeness (QED) is 0.597. The van der Waals surface area contributed by atoms with E-state index in [1.54, 1.807) is 0 Å². The van der Waals surface area contributed by atoms with Gasteiger partial charge in [-0.25, -0.2) is 9.69 Å². The van der Waals surface area contributed by atoms with Crippen LogP contribution in [0, 0.1) is 0 Å². The molecule has 0 N–H and O–H groups in total. The lowest BCUT2D eigenvalue weighted by molar-refractivity contribution is -0.129. The molecule has 0 radical (unpaired) electrons. The number of rotatable bonds is 5. The molecule has 0 spiro atoms. The number of carbonyl (C=O) groups is 2. The lowest BCUT2D eigenvalue weighted by Crippen LogP contribution is -2.38. The molecule has 146 valence electrons. The lowest BCUT2D eigenvalue weighted by Gasteiger charge is -2.23. The molecule has 4 nitrogen and oxygen atoms in total. The van der Waals surface area contributed by atoms with Crippen molar-refractivity contribution < 1.29 is 14.3 Å². The first kappa shape index (κ1) is 18.9. The van der Waals surface area contributed by atoms with E-state index in [0.717, 1.165) is 16.7 Å². The minimum absolute atomic E-state index is 0.124. The Balaban J connectivity index is 1.59. The zero-order valence-corrected chi connectivity index (χ0v) is 16.3. The normalized spacial score (nSPS) is 18.7. The molecular formula is C25H23NO3. The Kier molecular flexibility index (Phi) is 5.43. The minimum atomic E-state index is -0.573. The van der Waals surface area contributed by atoms with E-state index in [1.165, 1.54) is 4.90 Å². The highest BCUT2D eigenvalue weighted by molar-refractivity contribution is 5.94. The second kappa shape index (κ2) is 8.31. The fourth-order valence-electron chi connectivity index (χ4n) is 3.96. The maximum absolute atomic E-state index is 13.2. The van der Waals surface area contributed by atoms with Crippen molar-refractivity contribution in [1.29, 1.82) is 0 Å². The molecule has 2 atom stereocenters. The van der Waals surface area contributed by atoms with E-state index in [-0.39, 0.29) is 24.3 Å². The molecule has 29 heavy (non-hydrogen) atoms. The van der Waals surface area contributed by atoms with Crippen LogP contribution in [0.4, 0.5) is 4.79 Å². The van der Waals surface area contributed by atoms with Crippen LogP contribution in [0.2, 0.25) is 0 Å². The predicted molar refractivity (Wildman–Crippen MR) is 111 cm³/mol. The molecule has 0 aliphatic carbocycles. The van der Waals surface area contributed by atoms with Crippen molar-refractivity contribution in [2.45, 2.75) is 31.4 Å². The SMILES string of the molecule is C[C@@H]1[C@H](c2ccccc2)OC(=O)N1C(=O)CC(c1ccccc1)c1ccccc1. The molecule has 3 aromatic carbocycles. The molecular weight excluding hydrogens is 362 g/mol. The monoisotopic (exact) mass is 385 g/mol. The summed E-state index contributed by atoms with van der Waals surface area (Å²) in [6.07, 6.45) is -0.814. The molecule has 4 rings (SSSR count). The van der Waals surface area contributed by atoms with Gasteiger partial charge in [0.05, 0.1) is 6.04 Å². The number of hydrogen-bond donors (Lipinski definition) is 0. The van der Waals surface area contributed by atoms with Crippen LogP contribution < -0.4 is 0 Å². The number of amides is 2. The molecule has 0 saturated carbocycles. The highest BCUT2D eigenvalue weighted by Crippen LogP contribution is 2.35. The van der Waals surface area contributed by atoms with Crippen molar-refractivity contribution in [3.63, 3.8) is 0 Å². The third-order valence-electron chi connectivity index (χ3n) is 5.45. The zero-order chi connectivity index (χ0) is 20.2. The van der Waals surface area contributed by atoms with Crippen LogP contribution in [0.1, 0.15) is 42.1 Å². The van der Waals surface area contributed by atoms with Crippen molar-refractivity contribution in [1.82, 2.24) is 4.90 Å². The van der Waals surface area contributed by atoms with Gasteiger partial charge in [0.15, 0.2) is 0 Å². The van der Waals surface area contributed by atoms with Gasteiger partial charge in [0.1, 0.15) is 6.10 Å². The molecule has 0 unspecified atom stereocenters. The molecule has 1 fully saturated rings. The first-order valence-electron chi connectivity index (χ1n) is 9.82. The lowest BCUT2D eigenvalue weighted by atomic mass is 9.88. The summed E-state index contributed by atoms with van der Waals surface area (Å²) >= 11 is 0. The summed E-state index contributed by atoms with van der Waals surface area (Å²) in [5.41, 5.74) is 2.99. The number of imide groups is 1. The van der Waals surface area contributed by atoms with Gasteiger partial charge in [-0.15, -0.1) is 0 Å². The molecule has 0 aromatic heterocycles. The average Bonchev–Trinajstić information content (AvgIpc) is 3.07. The zero-order valence-electron chi connectivity index (χ0n) is 16.3.